The summed E-state index contributed by atoms with van der Waals surface area (Å²) >= 11 is 0. The van der Waals surface area contributed by atoms with Crippen LogP contribution in [0.25, 0.3) is 0 Å². The van der Waals surface area contributed by atoms with Gasteiger partial charge in [-0.15, -0.1) is 0 Å². The van der Waals surface area contributed by atoms with Crippen molar-refractivity contribution in [2.75, 3.05) is 0 Å². The van der Waals surface area contributed by atoms with Crippen molar-refractivity contribution in [2.24, 2.45) is 0 Å². The van der Waals surface area contributed by atoms with Gasteiger partial charge in [-0.3, -0.25) is 0 Å². The van der Waals surface area contributed by atoms with E-state index < -0.39 is 0 Å². The van der Waals surface area contributed by atoms with E-state index in [4.69, 9.17) is 0 Å². The van der Waals surface area contributed by atoms with Crippen LogP contribution >= 0.6 is 0 Å². The Hall–Kier alpha value is 0.519. The van der Waals surface area contributed by atoms with Gasteiger partial charge in [0.15, 0.2) is 0 Å². The summed E-state index contributed by atoms with van der Waals surface area (Å²) in [5.41, 5.74) is 0. The van der Waals surface area contributed by atoms with Gasteiger partial charge in [-0.2, -0.15) is 19.8 Å². The monoisotopic (exact) mass is 168 g/mol. The summed E-state index contributed by atoms with van der Waals surface area (Å²) in [4.78, 5) is 0. The zero-order valence-electron chi connectivity index (χ0n) is 6.39. The van der Waals surface area contributed by atoms with Crippen molar-refractivity contribution in [3.05, 3.63) is 13.3 Å². The molecule has 1 fully saturated rings. The Bertz CT molecular complexity index is 46.5. The van der Waals surface area contributed by atoms with E-state index in [-0.39, 0.29) is 24.5 Å². The van der Waals surface area contributed by atoms with Gasteiger partial charge in [-0.05, 0) is 0 Å². The molecule has 9 heavy (non-hydrogen) atoms. The second kappa shape index (κ2) is 6.64. The zero-order valence-corrected chi connectivity index (χ0v) is 7.49. The maximum absolute atomic E-state index is 2.28. The first-order chi connectivity index (χ1) is 3.39. The van der Waals surface area contributed by atoms with Crippen LogP contribution in [0.15, 0.2) is 0 Å². The van der Waals surface area contributed by atoms with Crippen molar-refractivity contribution in [2.45, 2.75) is 39.0 Å². The second-order valence-electron chi connectivity index (χ2n) is 2.52. The van der Waals surface area contributed by atoms with Crippen molar-refractivity contribution >= 4 is 0 Å². The van der Waals surface area contributed by atoms with Crippen molar-refractivity contribution in [3.8, 4) is 0 Å². The first-order valence-corrected chi connectivity index (χ1v) is 3.21. The van der Waals surface area contributed by atoms with Gasteiger partial charge in [-0.1, -0.05) is 19.3 Å². The molecule has 0 radical (unpaired) electrons. The molecule has 0 atom stereocenters. The van der Waals surface area contributed by atoms with Crippen LogP contribution in [0.1, 0.15) is 39.0 Å². The molecule has 1 aliphatic rings. The average Bonchev–Trinajstić information content (AvgIpc) is 1.69. The molecule has 0 amide bonds. The Kier molecular flexibility index (Phi) is 9.01. The molecule has 1 aliphatic carbocycles. The number of hydrogen-bond acceptors (Lipinski definition) is 0. The summed E-state index contributed by atoms with van der Waals surface area (Å²) < 4.78 is 0. The van der Waals surface area contributed by atoms with Crippen LogP contribution in [0.3, 0.4) is 0 Å². The van der Waals surface area contributed by atoms with Gasteiger partial charge in [0.25, 0.3) is 0 Å². The van der Waals surface area contributed by atoms with Crippen LogP contribution in [0.4, 0.5) is 0 Å². The first kappa shape index (κ1) is 12.2. The van der Waals surface area contributed by atoms with E-state index in [1.165, 1.54) is 32.1 Å². The minimum Gasteiger partial charge on any atom is -0.358 e. The quantitative estimate of drug-likeness (QED) is 0.385. The molecule has 0 aromatic rings. The van der Waals surface area contributed by atoms with Crippen LogP contribution in [-0.2, 0) is 17.1 Å². The van der Waals surface area contributed by atoms with Gasteiger partial charge in [0.05, 0.1) is 0 Å². The molecular formula is C8H16Fe. The summed E-state index contributed by atoms with van der Waals surface area (Å²) in [6.45, 7) is 2.28. The number of rotatable bonds is 0. The summed E-state index contributed by atoms with van der Waals surface area (Å²) in [6, 6.07) is 0. The van der Waals surface area contributed by atoms with E-state index in [0.29, 0.717) is 0 Å². The Balaban J connectivity index is 0. The SMILES string of the molecule is C[C-]1CCCCC1.[CH3-].[Fe+2]. The predicted molar refractivity (Wildman–Crippen MR) is 38.4 cm³/mol. The molecule has 0 saturated heterocycles. The second-order valence-corrected chi connectivity index (χ2v) is 2.52. The minimum atomic E-state index is 0. The molecule has 0 aliphatic heterocycles. The van der Waals surface area contributed by atoms with E-state index in [2.05, 4.69) is 6.92 Å². The molecule has 0 aromatic heterocycles. The molecule has 0 spiro atoms. The molecule has 0 heterocycles. The van der Waals surface area contributed by atoms with Gasteiger partial charge in [0.1, 0.15) is 0 Å². The molecule has 0 bridgehead atoms. The van der Waals surface area contributed by atoms with Crippen LogP contribution in [-0.4, -0.2) is 0 Å². The maximum atomic E-state index is 2.28. The summed E-state index contributed by atoms with van der Waals surface area (Å²) in [5.74, 6) is 1.71. The Morgan fingerprint density at radius 1 is 1.00 bits per heavy atom. The third-order valence-electron chi connectivity index (χ3n) is 1.71. The Morgan fingerprint density at radius 2 is 1.44 bits per heavy atom. The van der Waals surface area contributed by atoms with Gasteiger partial charge in [-0.25, -0.2) is 0 Å². The summed E-state index contributed by atoms with van der Waals surface area (Å²) in [7, 11) is 0. The predicted octanol–water partition coefficient (Wildman–Crippen LogP) is 2.99. The first-order valence-electron chi connectivity index (χ1n) is 3.21. The standard InChI is InChI=1S/C7H13.CH3.Fe/c1-7-5-3-2-4-6-7;;/h2-6H2,1H3;1H3;/q2*-1;+2. The normalized spacial score (nSPS) is 19.7. The average molecular weight is 168 g/mol. The molecular weight excluding hydrogens is 152 g/mol. The zero-order chi connectivity index (χ0) is 5.11. The summed E-state index contributed by atoms with van der Waals surface area (Å²) in [5, 5.41) is 0. The van der Waals surface area contributed by atoms with E-state index in [1.54, 1.807) is 5.92 Å². The molecule has 0 N–H and O–H groups in total. The Labute approximate surface area is 69.9 Å². The van der Waals surface area contributed by atoms with Crippen molar-refractivity contribution in [1.29, 1.82) is 0 Å². The third-order valence-corrected chi connectivity index (χ3v) is 1.71. The minimum absolute atomic E-state index is 0. The summed E-state index contributed by atoms with van der Waals surface area (Å²) in [6.07, 6.45) is 7.18. The van der Waals surface area contributed by atoms with E-state index >= 15 is 0 Å². The van der Waals surface area contributed by atoms with Crippen molar-refractivity contribution < 1.29 is 17.1 Å². The van der Waals surface area contributed by atoms with Crippen LogP contribution < -0.4 is 0 Å². The van der Waals surface area contributed by atoms with Gasteiger partial charge in [0, 0.05) is 0 Å². The van der Waals surface area contributed by atoms with Gasteiger partial charge in [0.2, 0.25) is 0 Å². The van der Waals surface area contributed by atoms with Crippen molar-refractivity contribution in [3.63, 3.8) is 0 Å². The smallest absolute Gasteiger partial charge is 0.358 e. The van der Waals surface area contributed by atoms with E-state index in [1.807, 2.05) is 0 Å². The molecule has 1 heteroatoms. The maximum Gasteiger partial charge on any atom is 2.00 e. The van der Waals surface area contributed by atoms with Crippen molar-refractivity contribution in [1.82, 2.24) is 0 Å². The third kappa shape index (κ3) is 4.99. The fourth-order valence-corrected chi connectivity index (χ4v) is 1.16. The molecule has 56 valence electrons. The van der Waals surface area contributed by atoms with Crippen LogP contribution in [0.5, 0.6) is 0 Å². The molecule has 1 saturated carbocycles. The fraction of sp³-hybridized carbons (Fsp3) is 0.750. The topological polar surface area (TPSA) is 0 Å². The van der Waals surface area contributed by atoms with Crippen LogP contribution in [0, 0.1) is 13.3 Å². The van der Waals surface area contributed by atoms with Gasteiger partial charge < -0.3 is 13.3 Å². The fourth-order valence-electron chi connectivity index (χ4n) is 1.16. The van der Waals surface area contributed by atoms with E-state index in [9.17, 15) is 0 Å². The molecule has 0 nitrogen and oxygen atoms in total. The molecule has 0 aromatic carbocycles. The Morgan fingerprint density at radius 3 is 1.67 bits per heavy atom. The van der Waals surface area contributed by atoms with E-state index in [0.717, 1.165) is 0 Å². The van der Waals surface area contributed by atoms with Gasteiger partial charge >= 0.3 is 17.1 Å². The molecule has 1 rings (SSSR count). The number of hydrogen-bond donors (Lipinski definition) is 0. The molecule has 0 unspecified atom stereocenters. The largest absolute Gasteiger partial charge is 2.00 e. The van der Waals surface area contributed by atoms with Crippen LogP contribution in [0.2, 0.25) is 0 Å².